The lowest BCUT2D eigenvalue weighted by Crippen LogP contribution is -2.45. The predicted molar refractivity (Wildman–Crippen MR) is 116 cm³/mol. The van der Waals surface area contributed by atoms with E-state index in [9.17, 15) is 13.5 Å². The molecule has 3 aliphatic carbocycles. The van der Waals surface area contributed by atoms with Gasteiger partial charge in [0.1, 0.15) is 5.75 Å². The first-order chi connectivity index (χ1) is 14.3. The zero-order valence-corrected chi connectivity index (χ0v) is 18.5. The molecule has 1 N–H and O–H groups in total. The van der Waals surface area contributed by atoms with E-state index in [1.165, 1.54) is 11.1 Å². The highest BCUT2D eigenvalue weighted by Crippen LogP contribution is 2.61. The van der Waals surface area contributed by atoms with Gasteiger partial charge in [-0.15, -0.1) is 0 Å². The second kappa shape index (κ2) is 7.10. The highest BCUT2D eigenvalue weighted by molar-refractivity contribution is 7.86. The first-order valence-corrected chi connectivity index (χ1v) is 12.5. The van der Waals surface area contributed by atoms with Crippen LogP contribution in [0.5, 0.6) is 5.75 Å². The van der Waals surface area contributed by atoms with Crippen LogP contribution in [-0.2, 0) is 20.7 Å². The minimum atomic E-state index is -3.76. The summed E-state index contributed by atoms with van der Waals surface area (Å²) in [5.41, 5.74) is 3.61. The van der Waals surface area contributed by atoms with Crippen molar-refractivity contribution in [2.24, 2.45) is 17.3 Å². The lowest BCUT2D eigenvalue weighted by atomic mass is 9.55. The van der Waals surface area contributed by atoms with Crippen LogP contribution in [0.25, 0.3) is 0 Å². The van der Waals surface area contributed by atoms with E-state index in [0.717, 1.165) is 44.1 Å². The van der Waals surface area contributed by atoms with Crippen LogP contribution >= 0.6 is 0 Å². The Morgan fingerprint density at radius 2 is 1.80 bits per heavy atom. The highest BCUT2D eigenvalue weighted by atomic mass is 32.2. The molecule has 0 aromatic heterocycles. The maximum absolute atomic E-state index is 12.9. The maximum atomic E-state index is 12.9. The molecule has 0 radical (unpaired) electrons. The van der Waals surface area contributed by atoms with Gasteiger partial charge in [-0.2, -0.15) is 8.42 Å². The Morgan fingerprint density at radius 1 is 1.03 bits per heavy atom. The van der Waals surface area contributed by atoms with E-state index in [-0.39, 0.29) is 16.4 Å². The van der Waals surface area contributed by atoms with Crippen LogP contribution in [0.4, 0.5) is 0 Å². The van der Waals surface area contributed by atoms with Crippen molar-refractivity contribution in [3.63, 3.8) is 0 Å². The fourth-order valence-corrected chi connectivity index (χ4v) is 7.79. The average Bonchev–Trinajstić information content (AvgIpc) is 3.03. The number of rotatable bonds is 3. The molecule has 4 nitrogen and oxygen atoms in total. The summed E-state index contributed by atoms with van der Waals surface area (Å²) in [6.07, 6.45) is 5.71. The Morgan fingerprint density at radius 3 is 2.57 bits per heavy atom. The number of benzene rings is 2. The summed E-state index contributed by atoms with van der Waals surface area (Å²) in [4.78, 5) is 0.250. The van der Waals surface area contributed by atoms with Gasteiger partial charge in [-0.05, 0) is 104 Å². The summed E-state index contributed by atoms with van der Waals surface area (Å²) in [6, 6.07) is 12.8. The van der Waals surface area contributed by atoms with Gasteiger partial charge in [-0.3, -0.25) is 4.18 Å². The number of hydrogen-bond donors (Lipinski definition) is 1. The quantitative estimate of drug-likeness (QED) is 0.674. The molecule has 5 heteroatoms. The molecular weight excluding hydrogens is 396 g/mol. The van der Waals surface area contributed by atoms with E-state index in [2.05, 4.69) is 13.0 Å². The molecule has 0 amide bonds. The first-order valence-electron chi connectivity index (χ1n) is 11.1. The molecule has 2 aromatic rings. The summed E-state index contributed by atoms with van der Waals surface area (Å²) in [7, 11) is -3.76. The van der Waals surface area contributed by atoms with Gasteiger partial charge >= 0.3 is 0 Å². The van der Waals surface area contributed by atoms with Gasteiger partial charge in [-0.1, -0.05) is 30.7 Å². The molecule has 5 atom stereocenters. The lowest BCUT2D eigenvalue weighted by Gasteiger charge is -2.50. The monoisotopic (exact) mass is 426 g/mol. The normalized spacial score (nSPS) is 32.9. The Labute approximate surface area is 179 Å². The summed E-state index contributed by atoms with van der Waals surface area (Å²) < 4.78 is 31.8. The molecule has 0 bridgehead atoms. The van der Waals surface area contributed by atoms with Crippen LogP contribution < -0.4 is 0 Å². The van der Waals surface area contributed by atoms with Crippen molar-refractivity contribution < 1.29 is 17.7 Å². The molecule has 0 unspecified atom stereocenters. The fraction of sp³-hybridized carbons (Fsp3) is 0.520. The largest absolute Gasteiger partial charge is 0.508 e. The molecule has 2 aromatic carbocycles. The van der Waals surface area contributed by atoms with Crippen molar-refractivity contribution in [2.75, 3.05) is 0 Å². The van der Waals surface area contributed by atoms with Crippen LogP contribution in [0.3, 0.4) is 0 Å². The van der Waals surface area contributed by atoms with Crippen molar-refractivity contribution in [3.8, 4) is 5.75 Å². The van der Waals surface area contributed by atoms with Gasteiger partial charge in [0.25, 0.3) is 10.1 Å². The number of hydrogen-bond acceptors (Lipinski definition) is 4. The van der Waals surface area contributed by atoms with Crippen LogP contribution in [0, 0.1) is 24.2 Å². The Kier molecular flexibility index (Phi) is 4.75. The minimum absolute atomic E-state index is 0.104. The van der Waals surface area contributed by atoms with Crippen molar-refractivity contribution in [2.45, 2.75) is 69.3 Å². The van der Waals surface area contributed by atoms with E-state index >= 15 is 0 Å². The van der Waals surface area contributed by atoms with Crippen LogP contribution in [0.15, 0.2) is 47.4 Å². The minimum Gasteiger partial charge on any atom is -0.508 e. The number of phenols is 1. The maximum Gasteiger partial charge on any atom is 0.297 e. The standard InChI is InChI=1S/C25H30O4S/c1-16-3-7-19(8-4-16)30(27,28)29-24-12-11-23-22-9-5-17-15-18(26)6-10-20(17)21(22)13-14-25(23,24)2/h3-4,6-8,10,15,21-24,26H,5,9,11-14H2,1-2H3/t21-,22-,23+,24-,25-/m0/s1. The van der Waals surface area contributed by atoms with Gasteiger partial charge in [0.05, 0.1) is 11.0 Å². The Balaban J connectivity index is 1.39. The van der Waals surface area contributed by atoms with Crippen molar-refractivity contribution in [1.82, 2.24) is 0 Å². The van der Waals surface area contributed by atoms with E-state index in [1.54, 1.807) is 12.1 Å². The number of phenolic OH excluding ortho intramolecular Hbond substituents is 1. The molecule has 2 saturated carbocycles. The average molecular weight is 427 g/mol. The topological polar surface area (TPSA) is 63.6 Å². The molecule has 0 saturated heterocycles. The Hall–Kier alpha value is -1.85. The third-order valence-corrected chi connectivity index (χ3v) is 9.51. The van der Waals surface area contributed by atoms with Gasteiger partial charge < -0.3 is 5.11 Å². The second-order valence-electron chi connectivity index (χ2n) is 9.77. The van der Waals surface area contributed by atoms with Crippen molar-refractivity contribution in [3.05, 3.63) is 59.2 Å². The van der Waals surface area contributed by atoms with Gasteiger partial charge in [0.2, 0.25) is 0 Å². The van der Waals surface area contributed by atoms with Gasteiger partial charge in [0, 0.05) is 0 Å². The van der Waals surface area contributed by atoms with E-state index < -0.39 is 10.1 Å². The highest BCUT2D eigenvalue weighted by Gasteiger charge is 2.56. The first kappa shape index (κ1) is 20.1. The predicted octanol–water partition coefficient (Wildman–Crippen LogP) is 5.33. The van der Waals surface area contributed by atoms with Crippen molar-refractivity contribution in [1.29, 1.82) is 0 Å². The SMILES string of the molecule is Cc1ccc(S(=O)(=O)O[C@H]2CC[C@@H]3[C@H]4CCc5cc(O)ccc5[C@@H]4CC[C@]23C)cc1. The number of aromatic hydroxyl groups is 1. The molecule has 0 aliphatic heterocycles. The summed E-state index contributed by atoms with van der Waals surface area (Å²) in [6.45, 7) is 4.20. The molecular formula is C25H30O4S. The zero-order chi connectivity index (χ0) is 21.1. The summed E-state index contributed by atoms with van der Waals surface area (Å²) >= 11 is 0. The second-order valence-corrected chi connectivity index (χ2v) is 11.3. The van der Waals surface area contributed by atoms with Crippen LogP contribution in [0.2, 0.25) is 0 Å². The zero-order valence-electron chi connectivity index (χ0n) is 17.7. The fourth-order valence-electron chi connectivity index (χ4n) is 6.59. The smallest absolute Gasteiger partial charge is 0.297 e. The third kappa shape index (κ3) is 3.18. The van der Waals surface area contributed by atoms with Crippen LogP contribution in [0.1, 0.15) is 61.6 Å². The van der Waals surface area contributed by atoms with Gasteiger partial charge in [-0.25, -0.2) is 0 Å². The van der Waals surface area contributed by atoms with E-state index in [1.807, 2.05) is 31.2 Å². The lowest BCUT2D eigenvalue weighted by molar-refractivity contribution is -0.00804. The van der Waals surface area contributed by atoms with E-state index in [0.29, 0.717) is 23.5 Å². The molecule has 160 valence electrons. The summed E-state index contributed by atoms with van der Waals surface area (Å²) in [5, 5.41) is 9.85. The molecule has 5 rings (SSSR count). The molecule has 2 fully saturated rings. The molecule has 0 spiro atoms. The summed E-state index contributed by atoms with van der Waals surface area (Å²) in [5.74, 6) is 1.91. The van der Waals surface area contributed by atoms with Crippen molar-refractivity contribution >= 4 is 10.1 Å². The third-order valence-electron chi connectivity index (χ3n) is 8.18. The van der Waals surface area contributed by atoms with Gasteiger partial charge in [0.15, 0.2) is 0 Å². The molecule has 3 aliphatic rings. The van der Waals surface area contributed by atoms with Crippen LogP contribution in [-0.4, -0.2) is 19.6 Å². The number of fused-ring (bicyclic) bond motifs is 5. The van der Waals surface area contributed by atoms with E-state index in [4.69, 9.17) is 4.18 Å². The molecule has 30 heavy (non-hydrogen) atoms. The molecule has 0 heterocycles. The number of aryl methyl sites for hydroxylation is 2. The Bertz CT molecular complexity index is 1060.